The van der Waals surface area contributed by atoms with Crippen LogP contribution in [0, 0.1) is 0 Å². The molecule has 0 spiro atoms. The molecule has 0 rings (SSSR count). The van der Waals surface area contributed by atoms with Gasteiger partial charge in [-0.1, -0.05) is 23.2 Å². The van der Waals surface area contributed by atoms with E-state index in [1.807, 2.05) is 0 Å². The minimum absolute atomic E-state index is 0.171. The lowest BCUT2D eigenvalue weighted by Gasteiger charge is -2.03. The van der Waals surface area contributed by atoms with Gasteiger partial charge in [0, 0.05) is 7.11 Å². The van der Waals surface area contributed by atoms with E-state index in [1.54, 1.807) is 0 Å². The third-order valence-corrected chi connectivity index (χ3v) is 1.09. The average molecular weight is 181 g/mol. The molecule has 52 valence electrons. The molecule has 5 heteroatoms. The Morgan fingerprint density at radius 2 is 1.50 bits per heavy atom. The maximum Gasteiger partial charge on any atom is 0.228 e. The molecule has 0 aliphatic heterocycles. The van der Waals surface area contributed by atoms with Crippen LogP contribution in [0.15, 0.2) is 0 Å². The van der Waals surface area contributed by atoms with Gasteiger partial charge in [-0.2, -0.15) is 0 Å². The van der Waals surface area contributed by atoms with Crippen LogP contribution in [0.1, 0.15) is 0 Å². The maximum atomic E-state index is 8.23. The Bertz CT molecular complexity index is 42.3. The highest BCUT2D eigenvalue weighted by Crippen LogP contribution is 2.16. The fourth-order valence-corrected chi connectivity index (χ4v) is 0. The highest BCUT2D eigenvalue weighted by molar-refractivity contribution is 6.50. The molecule has 0 saturated heterocycles. The van der Waals surface area contributed by atoms with Gasteiger partial charge in [-0.25, -0.2) is 0 Å². The fraction of sp³-hybridized carbons (Fsp3) is 1.00. The summed E-state index contributed by atoms with van der Waals surface area (Å²) in [6, 6.07) is 0. The van der Waals surface area contributed by atoms with Crippen LogP contribution < -0.4 is 0 Å². The maximum absolute atomic E-state index is 8.23. The minimum Gasteiger partial charge on any atom is -0.400 e. The Morgan fingerprint density at radius 1 is 1.38 bits per heavy atom. The van der Waals surface area contributed by atoms with Crippen molar-refractivity contribution in [2.24, 2.45) is 0 Å². The van der Waals surface area contributed by atoms with Crippen molar-refractivity contribution in [2.75, 3.05) is 13.0 Å². The predicted molar refractivity (Wildman–Crippen MR) is 35.5 cm³/mol. The van der Waals surface area contributed by atoms with Crippen LogP contribution in [0.3, 0.4) is 0 Å². The summed E-state index contributed by atoms with van der Waals surface area (Å²) in [5.41, 5.74) is 0. The van der Waals surface area contributed by atoms with Crippen molar-refractivity contribution in [1.29, 1.82) is 0 Å². The summed E-state index contributed by atoms with van der Waals surface area (Å²) in [7, 11) is 1.00. The number of rotatable bonds is 1. The molecule has 0 radical (unpaired) electrons. The topological polar surface area (TPSA) is 40.5 Å². The summed E-state index contributed by atoms with van der Waals surface area (Å²) < 4.78 is -1.75. The highest BCUT2D eigenvalue weighted by Gasteiger charge is 2.15. The Hall–Kier alpha value is 0.790. The lowest BCUT2D eigenvalue weighted by Crippen LogP contribution is -2.11. The van der Waals surface area contributed by atoms with Crippen molar-refractivity contribution < 1.29 is 10.2 Å². The van der Waals surface area contributed by atoms with E-state index >= 15 is 0 Å². The van der Waals surface area contributed by atoms with Crippen LogP contribution in [-0.4, -0.2) is 27.7 Å². The first-order chi connectivity index (χ1) is 3.56. The van der Waals surface area contributed by atoms with Crippen LogP contribution in [0.2, 0.25) is 0 Å². The first-order valence-electron chi connectivity index (χ1n) is 1.67. The van der Waals surface area contributed by atoms with Crippen LogP contribution in [0.5, 0.6) is 0 Å². The van der Waals surface area contributed by atoms with Gasteiger partial charge in [-0.15, -0.1) is 11.6 Å². The van der Waals surface area contributed by atoms with E-state index in [9.17, 15) is 0 Å². The number of hydrogen-bond acceptors (Lipinski definition) is 2. The highest BCUT2D eigenvalue weighted by atomic mass is 35.5. The Morgan fingerprint density at radius 3 is 1.50 bits per heavy atom. The molecule has 0 aromatic carbocycles. The van der Waals surface area contributed by atoms with Crippen molar-refractivity contribution >= 4 is 34.8 Å². The largest absolute Gasteiger partial charge is 0.400 e. The van der Waals surface area contributed by atoms with Crippen molar-refractivity contribution in [3.63, 3.8) is 0 Å². The molecule has 0 saturated carbocycles. The van der Waals surface area contributed by atoms with E-state index in [4.69, 9.17) is 45.0 Å². The van der Waals surface area contributed by atoms with Gasteiger partial charge in [0.15, 0.2) is 0 Å². The zero-order valence-electron chi connectivity index (χ0n) is 4.24. The van der Waals surface area contributed by atoms with Crippen LogP contribution in [0.25, 0.3) is 0 Å². The molecule has 0 fully saturated rings. The van der Waals surface area contributed by atoms with Gasteiger partial charge < -0.3 is 10.2 Å². The zero-order valence-corrected chi connectivity index (χ0v) is 6.50. The lowest BCUT2D eigenvalue weighted by molar-refractivity contribution is 0.239. The second-order valence-electron chi connectivity index (χ2n) is 0.799. The minimum atomic E-state index is -1.75. The monoisotopic (exact) mass is 180 g/mol. The molecule has 2 nitrogen and oxygen atoms in total. The van der Waals surface area contributed by atoms with Gasteiger partial charge in [-0.05, 0) is 0 Å². The Balaban J connectivity index is 0. The summed E-state index contributed by atoms with van der Waals surface area (Å²) in [5.74, 6) is -0.171. The summed E-state index contributed by atoms with van der Waals surface area (Å²) in [6.07, 6.45) is 0. The molecule has 0 atom stereocenters. The first kappa shape index (κ1) is 11.6. The number of aliphatic hydroxyl groups is 2. The smallest absolute Gasteiger partial charge is 0.228 e. The molecular weight excluding hydrogens is 174 g/mol. The van der Waals surface area contributed by atoms with Crippen LogP contribution in [-0.2, 0) is 0 Å². The van der Waals surface area contributed by atoms with Gasteiger partial charge in [0.1, 0.15) is 0 Å². The third-order valence-electron chi connectivity index (χ3n) is 0.161. The fourth-order valence-electron chi connectivity index (χ4n) is 0. The van der Waals surface area contributed by atoms with Gasteiger partial charge in [-0.3, -0.25) is 0 Å². The van der Waals surface area contributed by atoms with E-state index in [0.717, 1.165) is 7.11 Å². The molecular formula is C3H7Cl3O2. The predicted octanol–water partition coefficient (Wildman–Crippen LogP) is 0.957. The molecule has 0 unspecified atom stereocenters. The summed E-state index contributed by atoms with van der Waals surface area (Å²) in [6.45, 7) is 0. The molecule has 0 aliphatic rings. The second-order valence-corrected chi connectivity index (χ2v) is 2.51. The summed E-state index contributed by atoms with van der Waals surface area (Å²) >= 11 is 14.8. The molecule has 0 bridgehead atoms. The van der Waals surface area contributed by atoms with Gasteiger partial charge >= 0.3 is 0 Å². The molecule has 0 heterocycles. The van der Waals surface area contributed by atoms with Gasteiger partial charge in [0.25, 0.3) is 0 Å². The van der Waals surface area contributed by atoms with Gasteiger partial charge in [0.05, 0.1) is 5.88 Å². The van der Waals surface area contributed by atoms with Crippen molar-refractivity contribution in [3.8, 4) is 0 Å². The van der Waals surface area contributed by atoms with Crippen LogP contribution in [0.4, 0.5) is 0 Å². The Kier molecular flexibility index (Phi) is 8.56. The van der Waals surface area contributed by atoms with Crippen LogP contribution >= 0.6 is 34.8 Å². The van der Waals surface area contributed by atoms with E-state index < -0.39 is 4.52 Å². The first-order valence-corrected chi connectivity index (χ1v) is 2.96. The number of hydrogen-bond donors (Lipinski definition) is 2. The number of aliphatic hydroxyl groups excluding tert-OH is 1. The molecule has 8 heavy (non-hydrogen) atoms. The standard InChI is InChI=1S/C2H3Cl3O.CH4O/c3-1-2(4,5)6;1-2/h6H,1H2;2H,1H3. The van der Waals surface area contributed by atoms with Crippen molar-refractivity contribution in [3.05, 3.63) is 0 Å². The Labute approximate surface area is 63.0 Å². The van der Waals surface area contributed by atoms with E-state index in [0.29, 0.717) is 0 Å². The lowest BCUT2D eigenvalue weighted by atomic mass is 10.8. The van der Waals surface area contributed by atoms with E-state index in [2.05, 4.69) is 0 Å². The van der Waals surface area contributed by atoms with E-state index in [-0.39, 0.29) is 5.88 Å². The molecule has 0 amide bonds. The summed E-state index contributed by atoms with van der Waals surface area (Å²) in [5, 5.41) is 15.2. The molecule has 2 N–H and O–H groups in total. The van der Waals surface area contributed by atoms with Gasteiger partial charge in [0.2, 0.25) is 4.52 Å². The van der Waals surface area contributed by atoms with E-state index in [1.165, 1.54) is 0 Å². The molecule has 0 aliphatic carbocycles. The number of halogens is 3. The molecule has 0 aromatic heterocycles. The third kappa shape index (κ3) is 15.8. The second kappa shape index (κ2) is 5.92. The SMILES string of the molecule is CO.OC(Cl)(Cl)CCl. The van der Waals surface area contributed by atoms with Crippen molar-refractivity contribution in [1.82, 2.24) is 0 Å². The zero-order chi connectivity index (χ0) is 7.21. The number of alkyl halides is 3. The quantitative estimate of drug-likeness (QED) is 0.592. The van der Waals surface area contributed by atoms with Crippen molar-refractivity contribution in [2.45, 2.75) is 4.52 Å². The molecule has 0 aromatic rings. The normalized spacial score (nSPS) is 9.75. The summed E-state index contributed by atoms with van der Waals surface area (Å²) in [4.78, 5) is 0. The average Bonchev–Trinajstić information content (AvgIpc) is 1.71.